The van der Waals surface area contributed by atoms with Crippen molar-refractivity contribution in [3.63, 3.8) is 0 Å². The van der Waals surface area contributed by atoms with E-state index >= 15 is 0 Å². The van der Waals surface area contributed by atoms with E-state index in [4.69, 9.17) is 16.7 Å². The van der Waals surface area contributed by atoms with Gasteiger partial charge in [-0.3, -0.25) is 9.59 Å². The van der Waals surface area contributed by atoms with Gasteiger partial charge in [0.25, 0.3) is 0 Å². The zero-order valence-corrected chi connectivity index (χ0v) is 19.8. The van der Waals surface area contributed by atoms with Gasteiger partial charge in [0, 0.05) is 42.1 Å². The molecular formula is C27H25ClN4O2. The summed E-state index contributed by atoms with van der Waals surface area (Å²) in [5.74, 6) is -0.123. The van der Waals surface area contributed by atoms with Crippen molar-refractivity contribution in [2.45, 2.75) is 12.8 Å². The standard InChI is InChI=1S/C27H25ClN4O2/c1-31(2)26(34)16-19-8-14-23(15-9-19)29-25(33)17-21-18-32(24-6-4-3-5-7-24)30-27(21)20-10-12-22(28)13-11-20/h3-15,18H,16-17H2,1-2H3,(H,29,33). The number of hydrogen-bond acceptors (Lipinski definition) is 3. The summed E-state index contributed by atoms with van der Waals surface area (Å²) < 4.78 is 1.78. The van der Waals surface area contributed by atoms with Gasteiger partial charge < -0.3 is 10.2 Å². The van der Waals surface area contributed by atoms with Crippen LogP contribution in [-0.2, 0) is 22.4 Å². The number of carbonyl (C=O) groups excluding carboxylic acids is 2. The molecule has 1 aromatic heterocycles. The van der Waals surface area contributed by atoms with Gasteiger partial charge in [0.15, 0.2) is 0 Å². The Labute approximate surface area is 203 Å². The maximum absolute atomic E-state index is 12.9. The van der Waals surface area contributed by atoms with Crippen LogP contribution < -0.4 is 5.32 Å². The second kappa shape index (κ2) is 10.4. The predicted octanol–water partition coefficient (Wildman–Crippen LogP) is 5.00. The number of aromatic nitrogens is 2. The molecule has 0 unspecified atom stereocenters. The van der Waals surface area contributed by atoms with Crippen molar-refractivity contribution in [1.29, 1.82) is 0 Å². The SMILES string of the molecule is CN(C)C(=O)Cc1ccc(NC(=O)Cc2cn(-c3ccccc3)nc2-c2ccc(Cl)cc2)cc1. The molecule has 7 heteroatoms. The van der Waals surface area contributed by atoms with Crippen molar-refractivity contribution < 1.29 is 9.59 Å². The highest BCUT2D eigenvalue weighted by Crippen LogP contribution is 2.26. The second-order valence-corrected chi connectivity index (χ2v) is 8.61. The third kappa shape index (κ3) is 5.71. The highest BCUT2D eigenvalue weighted by molar-refractivity contribution is 6.30. The van der Waals surface area contributed by atoms with E-state index in [1.165, 1.54) is 0 Å². The van der Waals surface area contributed by atoms with Crippen LogP contribution in [0.15, 0.2) is 85.1 Å². The van der Waals surface area contributed by atoms with Crippen LogP contribution in [0.3, 0.4) is 0 Å². The Kier molecular flexibility index (Phi) is 7.09. The molecule has 3 aromatic carbocycles. The molecule has 34 heavy (non-hydrogen) atoms. The highest BCUT2D eigenvalue weighted by Gasteiger charge is 2.16. The molecule has 4 rings (SSSR count). The Hall–Kier alpha value is -3.90. The van der Waals surface area contributed by atoms with E-state index in [0.717, 1.165) is 28.1 Å². The highest BCUT2D eigenvalue weighted by atomic mass is 35.5. The number of nitrogens with one attached hydrogen (secondary N) is 1. The van der Waals surface area contributed by atoms with Gasteiger partial charge in [-0.15, -0.1) is 0 Å². The Morgan fingerprint density at radius 3 is 2.24 bits per heavy atom. The lowest BCUT2D eigenvalue weighted by Crippen LogP contribution is -2.23. The minimum Gasteiger partial charge on any atom is -0.349 e. The van der Waals surface area contributed by atoms with E-state index in [0.29, 0.717) is 17.1 Å². The molecule has 0 aliphatic heterocycles. The number of halogens is 1. The third-order valence-corrected chi connectivity index (χ3v) is 5.62. The molecule has 1 heterocycles. The number of benzene rings is 3. The fraction of sp³-hybridized carbons (Fsp3) is 0.148. The number of hydrogen-bond donors (Lipinski definition) is 1. The first-order valence-corrected chi connectivity index (χ1v) is 11.3. The van der Waals surface area contributed by atoms with E-state index in [9.17, 15) is 9.59 Å². The normalized spacial score (nSPS) is 10.7. The predicted molar refractivity (Wildman–Crippen MR) is 135 cm³/mol. The molecule has 4 aromatic rings. The average molecular weight is 473 g/mol. The van der Waals surface area contributed by atoms with Crippen LogP contribution in [0.25, 0.3) is 16.9 Å². The zero-order chi connectivity index (χ0) is 24.1. The van der Waals surface area contributed by atoms with Gasteiger partial charge in [-0.1, -0.05) is 54.1 Å². The largest absolute Gasteiger partial charge is 0.349 e. The topological polar surface area (TPSA) is 67.2 Å². The molecule has 0 spiro atoms. The fourth-order valence-electron chi connectivity index (χ4n) is 3.52. The summed E-state index contributed by atoms with van der Waals surface area (Å²) in [6.45, 7) is 0. The van der Waals surface area contributed by atoms with Crippen molar-refractivity contribution >= 4 is 29.1 Å². The first-order valence-electron chi connectivity index (χ1n) is 10.9. The van der Waals surface area contributed by atoms with Crippen LogP contribution in [0.5, 0.6) is 0 Å². The monoisotopic (exact) mass is 472 g/mol. The lowest BCUT2D eigenvalue weighted by atomic mass is 10.1. The summed E-state index contributed by atoms with van der Waals surface area (Å²) in [5, 5.41) is 8.33. The Morgan fingerprint density at radius 1 is 0.912 bits per heavy atom. The summed E-state index contributed by atoms with van der Waals surface area (Å²) >= 11 is 6.06. The number of likely N-dealkylation sites (N-methyl/N-ethyl adjacent to an activating group) is 1. The molecule has 0 bridgehead atoms. The number of carbonyl (C=O) groups is 2. The smallest absolute Gasteiger partial charge is 0.228 e. The Morgan fingerprint density at radius 2 is 1.59 bits per heavy atom. The van der Waals surface area contributed by atoms with Gasteiger partial charge in [0.05, 0.1) is 24.2 Å². The van der Waals surface area contributed by atoms with Crippen LogP contribution in [0, 0.1) is 0 Å². The van der Waals surface area contributed by atoms with E-state index in [-0.39, 0.29) is 18.2 Å². The maximum Gasteiger partial charge on any atom is 0.228 e. The Bertz CT molecular complexity index is 1280. The van der Waals surface area contributed by atoms with Crippen molar-refractivity contribution in [1.82, 2.24) is 14.7 Å². The lowest BCUT2D eigenvalue weighted by Gasteiger charge is -2.10. The van der Waals surface area contributed by atoms with E-state index in [1.807, 2.05) is 85.1 Å². The molecule has 0 aliphatic carbocycles. The van der Waals surface area contributed by atoms with Gasteiger partial charge in [-0.25, -0.2) is 4.68 Å². The van der Waals surface area contributed by atoms with Crippen LogP contribution in [0.2, 0.25) is 5.02 Å². The van der Waals surface area contributed by atoms with Crippen LogP contribution in [0.1, 0.15) is 11.1 Å². The first kappa shape index (κ1) is 23.3. The van der Waals surface area contributed by atoms with Crippen molar-refractivity contribution in [2.75, 3.05) is 19.4 Å². The number of para-hydroxylation sites is 1. The molecule has 2 amide bonds. The van der Waals surface area contributed by atoms with Gasteiger partial charge in [0.1, 0.15) is 0 Å². The van der Waals surface area contributed by atoms with Gasteiger partial charge in [0.2, 0.25) is 11.8 Å². The molecule has 1 N–H and O–H groups in total. The van der Waals surface area contributed by atoms with Gasteiger partial charge in [-0.05, 0) is 42.0 Å². The summed E-state index contributed by atoms with van der Waals surface area (Å²) in [5.41, 5.74) is 4.90. The summed E-state index contributed by atoms with van der Waals surface area (Å²) in [6.07, 6.45) is 2.37. The average Bonchev–Trinajstić information content (AvgIpc) is 3.25. The quantitative estimate of drug-likeness (QED) is 0.411. The van der Waals surface area contributed by atoms with Gasteiger partial charge >= 0.3 is 0 Å². The van der Waals surface area contributed by atoms with Crippen molar-refractivity contribution in [3.05, 3.63) is 101 Å². The molecule has 0 saturated carbocycles. The van der Waals surface area contributed by atoms with Crippen LogP contribution >= 0.6 is 11.6 Å². The number of anilines is 1. The summed E-state index contributed by atoms with van der Waals surface area (Å²) in [7, 11) is 3.46. The van der Waals surface area contributed by atoms with Crippen LogP contribution in [0.4, 0.5) is 5.69 Å². The minimum atomic E-state index is -0.153. The molecule has 0 atom stereocenters. The summed E-state index contributed by atoms with van der Waals surface area (Å²) in [6, 6.07) is 24.5. The number of rotatable bonds is 7. The number of amides is 2. The molecule has 0 saturated heterocycles. The number of nitrogens with zero attached hydrogens (tertiary/aromatic N) is 3. The second-order valence-electron chi connectivity index (χ2n) is 8.18. The molecule has 6 nitrogen and oxygen atoms in total. The minimum absolute atomic E-state index is 0.0296. The first-order chi connectivity index (χ1) is 16.4. The van der Waals surface area contributed by atoms with Gasteiger partial charge in [-0.2, -0.15) is 5.10 Å². The molecule has 172 valence electrons. The van der Waals surface area contributed by atoms with Crippen molar-refractivity contribution in [2.24, 2.45) is 0 Å². The molecule has 0 aliphatic rings. The fourth-order valence-corrected chi connectivity index (χ4v) is 3.65. The lowest BCUT2D eigenvalue weighted by molar-refractivity contribution is -0.128. The molecule has 0 radical (unpaired) electrons. The van der Waals surface area contributed by atoms with Crippen LogP contribution in [-0.4, -0.2) is 40.6 Å². The Balaban J connectivity index is 1.53. The zero-order valence-electron chi connectivity index (χ0n) is 19.0. The molecule has 0 fully saturated rings. The van der Waals surface area contributed by atoms with Crippen molar-refractivity contribution in [3.8, 4) is 16.9 Å². The van der Waals surface area contributed by atoms with E-state index in [1.54, 1.807) is 23.7 Å². The molecular weight excluding hydrogens is 448 g/mol. The summed E-state index contributed by atoms with van der Waals surface area (Å²) in [4.78, 5) is 26.3. The van der Waals surface area contributed by atoms with E-state index in [2.05, 4.69) is 5.32 Å². The third-order valence-electron chi connectivity index (χ3n) is 5.37. The maximum atomic E-state index is 12.9. The van der Waals surface area contributed by atoms with E-state index < -0.39 is 0 Å².